The maximum Gasteiger partial charge on any atom is 0.573 e. The summed E-state index contributed by atoms with van der Waals surface area (Å²) in [5, 5.41) is 3.63. The van der Waals surface area contributed by atoms with Gasteiger partial charge in [0.05, 0.1) is 12.1 Å². The van der Waals surface area contributed by atoms with Crippen LogP contribution in [-0.4, -0.2) is 47.1 Å². The second kappa shape index (κ2) is 9.61. The molecule has 0 aromatic heterocycles. The van der Waals surface area contributed by atoms with E-state index in [0.717, 1.165) is 35.2 Å². The van der Waals surface area contributed by atoms with Crippen LogP contribution in [-0.2, 0) is 16.1 Å². The number of alkyl halides is 6. The van der Waals surface area contributed by atoms with E-state index >= 15 is 4.39 Å². The molecule has 38 heavy (non-hydrogen) atoms. The van der Waals surface area contributed by atoms with Crippen LogP contribution in [0.2, 0.25) is 0 Å². The largest absolute Gasteiger partial charge is 0.573 e. The Morgan fingerprint density at radius 2 is 1.79 bits per heavy atom. The van der Waals surface area contributed by atoms with Crippen LogP contribution >= 0.6 is 0 Å². The van der Waals surface area contributed by atoms with Crippen LogP contribution in [0.5, 0.6) is 5.75 Å². The quantitative estimate of drug-likeness (QED) is 0.441. The topological polar surface area (TPSA) is 105 Å². The van der Waals surface area contributed by atoms with E-state index in [1.165, 1.54) is 0 Å². The van der Waals surface area contributed by atoms with Crippen molar-refractivity contribution in [3.05, 3.63) is 64.5 Å². The molecule has 0 radical (unpaired) electrons. The van der Waals surface area contributed by atoms with E-state index in [9.17, 15) is 45.5 Å². The van der Waals surface area contributed by atoms with Gasteiger partial charge >= 0.3 is 12.5 Å². The molecule has 4 rings (SSSR count). The third-order valence-corrected chi connectivity index (χ3v) is 5.92. The Kier molecular flexibility index (Phi) is 6.80. The number of piperidine rings is 1. The highest BCUT2D eigenvalue weighted by molar-refractivity contribution is 6.06. The predicted molar refractivity (Wildman–Crippen MR) is 112 cm³/mol. The summed E-state index contributed by atoms with van der Waals surface area (Å²) in [7, 11) is 0. The Morgan fingerprint density at radius 1 is 1.08 bits per heavy atom. The maximum absolute atomic E-state index is 15.3. The highest BCUT2D eigenvalue weighted by Gasteiger charge is 2.44. The standard InChI is InChI=1S/C23H16F7N3O5/c24-17-13(5-4-12-14(17)9-33(21(12)37)15-6-7-16(34)31-20(15)36)19(35)32-18(22(25,26)27)10-2-1-3-11(8-10)38-23(28,29)30/h1-5,8,15,18H,6-7,9H2,(H,32,35)(H,31,34,36)/t15?,18-/m1/s1. The van der Waals surface area contributed by atoms with E-state index in [4.69, 9.17) is 0 Å². The Labute approximate surface area is 208 Å². The molecule has 2 aliphatic rings. The molecule has 1 fully saturated rings. The lowest BCUT2D eigenvalue weighted by Crippen LogP contribution is -2.52. The van der Waals surface area contributed by atoms with Gasteiger partial charge in [-0.15, -0.1) is 13.2 Å². The number of halogens is 7. The van der Waals surface area contributed by atoms with E-state index in [2.05, 4.69) is 10.1 Å². The molecular weight excluding hydrogens is 531 g/mol. The number of nitrogens with one attached hydrogen (secondary N) is 2. The molecule has 2 aromatic carbocycles. The lowest BCUT2D eigenvalue weighted by Gasteiger charge is -2.29. The van der Waals surface area contributed by atoms with Gasteiger partial charge < -0.3 is 15.0 Å². The number of hydrogen-bond acceptors (Lipinski definition) is 5. The molecule has 1 saturated heterocycles. The fourth-order valence-electron chi connectivity index (χ4n) is 4.23. The Balaban J connectivity index is 1.59. The first-order chi connectivity index (χ1) is 17.7. The number of amides is 4. The first-order valence-corrected chi connectivity index (χ1v) is 10.8. The molecule has 0 bridgehead atoms. The number of benzene rings is 2. The van der Waals surface area contributed by atoms with Gasteiger partial charge in [-0.25, -0.2) is 4.39 Å². The van der Waals surface area contributed by atoms with Gasteiger partial charge in [0.25, 0.3) is 11.8 Å². The molecule has 2 aliphatic heterocycles. The van der Waals surface area contributed by atoms with Gasteiger partial charge in [-0.3, -0.25) is 24.5 Å². The van der Waals surface area contributed by atoms with Crippen molar-refractivity contribution in [2.45, 2.75) is 44.0 Å². The average Bonchev–Trinajstić information content (AvgIpc) is 3.13. The fourth-order valence-corrected chi connectivity index (χ4v) is 4.23. The van der Waals surface area contributed by atoms with Crippen molar-refractivity contribution in [3.8, 4) is 5.75 Å². The zero-order chi connectivity index (χ0) is 28.0. The van der Waals surface area contributed by atoms with Crippen molar-refractivity contribution >= 4 is 23.6 Å². The Hall–Kier alpha value is -4.17. The zero-order valence-corrected chi connectivity index (χ0v) is 18.9. The third kappa shape index (κ3) is 5.40. The summed E-state index contributed by atoms with van der Waals surface area (Å²) in [6.07, 6.45) is -10.5. The Bertz CT molecular complexity index is 1330. The van der Waals surface area contributed by atoms with Crippen LogP contribution in [0.25, 0.3) is 0 Å². The number of carbonyl (C=O) groups excluding carboxylic acids is 4. The second-order valence-corrected chi connectivity index (χ2v) is 8.42. The number of nitrogens with zero attached hydrogens (tertiary/aromatic N) is 1. The molecule has 0 saturated carbocycles. The van der Waals surface area contributed by atoms with Gasteiger partial charge in [0.15, 0.2) is 6.04 Å². The summed E-state index contributed by atoms with van der Waals surface area (Å²) in [6, 6.07) is 0.725. The van der Waals surface area contributed by atoms with Crippen molar-refractivity contribution in [1.82, 2.24) is 15.5 Å². The van der Waals surface area contributed by atoms with Gasteiger partial charge in [0.2, 0.25) is 11.8 Å². The molecule has 4 amide bonds. The summed E-state index contributed by atoms with van der Waals surface area (Å²) in [6.45, 7) is -0.479. The van der Waals surface area contributed by atoms with Gasteiger partial charge in [0.1, 0.15) is 17.6 Å². The highest BCUT2D eigenvalue weighted by Crippen LogP contribution is 2.36. The normalized spacial score (nSPS) is 18.7. The van der Waals surface area contributed by atoms with Gasteiger partial charge in [-0.2, -0.15) is 13.2 Å². The molecule has 2 aromatic rings. The summed E-state index contributed by atoms with van der Waals surface area (Å²) in [5.41, 5.74) is -2.23. The lowest BCUT2D eigenvalue weighted by molar-refractivity contribution is -0.274. The highest BCUT2D eigenvalue weighted by atomic mass is 19.4. The molecule has 0 spiro atoms. The van der Waals surface area contributed by atoms with Crippen LogP contribution in [0, 0.1) is 5.82 Å². The molecular formula is C23H16F7N3O5. The van der Waals surface area contributed by atoms with E-state index < -0.39 is 77.5 Å². The van der Waals surface area contributed by atoms with Gasteiger partial charge in [-0.05, 0) is 36.2 Å². The summed E-state index contributed by atoms with van der Waals surface area (Å²) in [4.78, 5) is 49.9. The minimum atomic E-state index is -5.20. The van der Waals surface area contributed by atoms with Gasteiger partial charge in [-0.1, -0.05) is 12.1 Å². The van der Waals surface area contributed by atoms with Crippen LogP contribution in [0.15, 0.2) is 36.4 Å². The number of carbonyl (C=O) groups is 4. The van der Waals surface area contributed by atoms with Crippen molar-refractivity contribution in [1.29, 1.82) is 0 Å². The van der Waals surface area contributed by atoms with E-state index in [-0.39, 0.29) is 24.0 Å². The second-order valence-electron chi connectivity index (χ2n) is 8.42. The van der Waals surface area contributed by atoms with Crippen molar-refractivity contribution < 1.29 is 54.6 Å². The first kappa shape index (κ1) is 26.9. The minimum Gasteiger partial charge on any atom is -0.406 e. The van der Waals surface area contributed by atoms with Crippen LogP contribution < -0.4 is 15.4 Å². The van der Waals surface area contributed by atoms with E-state index in [0.29, 0.717) is 6.07 Å². The van der Waals surface area contributed by atoms with Crippen molar-refractivity contribution in [2.24, 2.45) is 0 Å². The Morgan fingerprint density at radius 3 is 2.42 bits per heavy atom. The smallest absolute Gasteiger partial charge is 0.406 e. The number of rotatable bonds is 5. The van der Waals surface area contributed by atoms with Crippen molar-refractivity contribution in [2.75, 3.05) is 0 Å². The SMILES string of the molecule is O=C1CCC(N2Cc3c(ccc(C(=O)N[C@H](c4cccc(OC(F)(F)F)c4)C(F)(F)F)c3F)C2=O)C(=O)N1. The van der Waals surface area contributed by atoms with E-state index in [1.807, 2.05) is 0 Å². The zero-order valence-electron chi connectivity index (χ0n) is 18.9. The molecule has 15 heteroatoms. The maximum atomic E-state index is 15.3. The first-order valence-electron chi connectivity index (χ1n) is 10.8. The van der Waals surface area contributed by atoms with Crippen molar-refractivity contribution in [3.63, 3.8) is 0 Å². The lowest BCUT2D eigenvalue weighted by atomic mass is 10.0. The van der Waals surface area contributed by atoms with Crippen LogP contribution in [0.4, 0.5) is 30.7 Å². The van der Waals surface area contributed by atoms with E-state index in [1.54, 1.807) is 5.32 Å². The van der Waals surface area contributed by atoms with Gasteiger partial charge in [0, 0.05) is 17.5 Å². The summed E-state index contributed by atoms with van der Waals surface area (Å²) < 4.78 is 97.6. The molecule has 1 unspecified atom stereocenters. The molecule has 0 aliphatic carbocycles. The van der Waals surface area contributed by atoms with Crippen LogP contribution in [0.1, 0.15) is 50.7 Å². The monoisotopic (exact) mass is 547 g/mol. The number of fused-ring (bicyclic) bond motifs is 1. The third-order valence-electron chi connectivity index (χ3n) is 5.92. The molecule has 8 nitrogen and oxygen atoms in total. The molecule has 2 heterocycles. The predicted octanol–water partition coefficient (Wildman–Crippen LogP) is 3.52. The average molecular weight is 547 g/mol. The molecule has 2 N–H and O–H groups in total. The fraction of sp³-hybridized carbons (Fsp3) is 0.304. The molecule has 202 valence electrons. The number of imide groups is 1. The summed E-state index contributed by atoms with van der Waals surface area (Å²) >= 11 is 0. The number of hydrogen-bond donors (Lipinski definition) is 2. The molecule has 2 atom stereocenters. The number of ether oxygens (including phenoxy) is 1. The summed E-state index contributed by atoms with van der Waals surface area (Å²) in [5.74, 6) is -5.91. The van der Waals surface area contributed by atoms with Crippen LogP contribution in [0.3, 0.4) is 0 Å². The minimum absolute atomic E-state index is 0.0241.